The van der Waals surface area contributed by atoms with Crippen molar-refractivity contribution in [2.24, 2.45) is 11.8 Å². The van der Waals surface area contributed by atoms with E-state index in [1.54, 1.807) is 4.90 Å². The number of aliphatic carboxylic acids is 1. The largest absolute Gasteiger partial charge is 0.479 e. The first-order valence-corrected chi connectivity index (χ1v) is 8.22. The summed E-state index contributed by atoms with van der Waals surface area (Å²) in [6.45, 7) is 6.82. The van der Waals surface area contributed by atoms with Crippen LogP contribution < -0.4 is 5.32 Å². The molecule has 1 heterocycles. The van der Waals surface area contributed by atoms with Gasteiger partial charge in [-0.25, -0.2) is 9.59 Å². The molecule has 2 aliphatic rings. The Morgan fingerprint density at radius 1 is 1.33 bits per heavy atom. The molecule has 1 saturated carbocycles. The lowest BCUT2D eigenvalue weighted by molar-refractivity contribution is -0.148. The third-order valence-corrected chi connectivity index (χ3v) is 5.46. The monoisotopic (exact) mass is 296 g/mol. The first-order valence-electron chi connectivity index (χ1n) is 8.22. The van der Waals surface area contributed by atoms with Crippen LogP contribution in [0.4, 0.5) is 4.79 Å². The summed E-state index contributed by atoms with van der Waals surface area (Å²) in [5.74, 6) is 0.304. The molecule has 5 nitrogen and oxygen atoms in total. The van der Waals surface area contributed by atoms with Gasteiger partial charge in [-0.3, -0.25) is 0 Å². The predicted octanol–water partition coefficient (Wildman–Crippen LogP) is 2.85. The summed E-state index contributed by atoms with van der Waals surface area (Å²) in [6.07, 6.45) is 5.05. The first kappa shape index (κ1) is 16.1. The van der Waals surface area contributed by atoms with Crippen molar-refractivity contribution in [1.82, 2.24) is 10.2 Å². The molecule has 0 bridgehead atoms. The number of carbonyl (C=O) groups excluding carboxylic acids is 1. The molecule has 0 aromatic carbocycles. The van der Waals surface area contributed by atoms with E-state index in [-0.39, 0.29) is 12.1 Å². The van der Waals surface area contributed by atoms with Crippen LogP contribution >= 0.6 is 0 Å². The SMILES string of the molecule is CCC1(C(=O)O)CCCN1C(=O)NC1CCC(C)CC1C. The van der Waals surface area contributed by atoms with E-state index < -0.39 is 11.5 Å². The Morgan fingerprint density at radius 3 is 2.62 bits per heavy atom. The second-order valence-corrected chi connectivity index (χ2v) is 6.90. The van der Waals surface area contributed by atoms with E-state index in [9.17, 15) is 14.7 Å². The van der Waals surface area contributed by atoms with Crippen LogP contribution in [0.2, 0.25) is 0 Å². The molecule has 2 N–H and O–H groups in total. The number of hydrogen-bond acceptors (Lipinski definition) is 2. The Hall–Kier alpha value is -1.26. The van der Waals surface area contributed by atoms with Gasteiger partial charge in [0.15, 0.2) is 0 Å². The Kier molecular flexibility index (Phi) is 4.79. The maximum Gasteiger partial charge on any atom is 0.329 e. The molecular formula is C16H28N2O3. The molecule has 120 valence electrons. The maximum atomic E-state index is 12.6. The van der Waals surface area contributed by atoms with E-state index >= 15 is 0 Å². The fraction of sp³-hybridized carbons (Fsp3) is 0.875. The number of carbonyl (C=O) groups is 2. The fourth-order valence-corrected chi connectivity index (χ4v) is 4.03. The van der Waals surface area contributed by atoms with E-state index in [0.29, 0.717) is 31.2 Å². The van der Waals surface area contributed by atoms with Crippen molar-refractivity contribution in [3.63, 3.8) is 0 Å². The number of nitrogens with one attached hydrogen (secondary N) is 1. The molecule has 5 heteroatoms. The predicted molar refractivity (Wildman–Crippen MR) is 81.1 cm³/mol. The van der Waals surface area contributed by atoms with E-state index in [1.807, 2.05) is 6.92 Å². The number of carboxylic acid groups (broad SMARTS) is 1. The highest BCUT2D eigenvalue weighted by atomic mass is 16.4. The topological polar surface area (TPSA) is 69.6 Å². The lowest BCUT2D eigenvalue weighted by Crippen LogP contribution is -2.58. The molecule has 1 aliphatic carbocycles. The third-order valence-electron chi connectivity index (χ3n) is 5.46. The van der Waals surface area contributed by atoms with Crippen molar-refractivity contribution < 1.29 is 14.7 Å². The molecule has 0 spiro atoms. The van der Waals surface area contributed by atoms with Crippen molar-refractivity contribution >= 4 is 12.0 Å². The molecule has 21 heavy (non-hydrogen) atoms. The summed E-state index contributed by atoms with van der Waals surface area (Å²) in [5.41, 5.74) is -1.00. The zero-order valence-electron chi connectivity index (χ0n) is 13.4. The van der Waals surface area contributed by atoms with Crippen LogP contribution in [0, 0.1) is 11.8 Å². The summed E-state index contributed by atoms with van der Waals surface area (Å²) in [4.78, 5) is 25.8. The lowest BCUT2D eigenvalue weighted by Gasteiger charge is -2.38. The number of likely N-dealkylation sites (tertiary alicyclic amines) is 1. The second-order valence-electron chi connectivity index (χ2n) is 6.90. The van der Waals surface area contributed by atoms with Gasteiger partial charge in [0.1, 0.15) is 5.54 Å². The smallest absolute Gasteiger partial charge is 0.329 e. The van der Waals surface area contributed by atoms with Crippen molar-refractivity contribution in [3.8, 4) is 0 Å². The van der Waals surface area contributed by atoms with E-state index in [1.165, 1.54) is 0 Å². The van der Waals surface area contributed by atoms with Crippen molar-refractivity contribution in [3.05, 3.63) is 0 Å². The van der Waals surface area contributed by atoms with Gasteiger partial charge in [0.2, 0.25) is 0 Å². The molecule has 2 amide bonds. The third kappa shape index (κ3) is 3.01. The Morgan fingerprint density at radius 2 is 2.05 bits per heavy atom. The number of amides is 2. The first-order chi connectivity index (χ1) is 9.90. The van der Waals surface area contributed by atoms with Gasteiger partial charge in [0.25, 0.3) is 0 Å². The summed E-state index contributed by atoms with van der Waals surface area (Å²) >= 11 is 0. The molecule has 4 atom stereocenters. The van der Waals surface area contributed by atoms with Gasteiger partial charge in [-0.2, -0.15) is 0 Å². The minimum Gasteiger partial charge on any atom is -0.479 e. The summed E-state index contributed by atoms with van der Waals surface area (Å²) in [7, 11) is 0. The Labute approximate surface area is 127 Å². The van der Waals surface area contributed by atoms with Gasteiger partial charge in [-0.1, -0.05) is 20.8 Å². The number of nitrogens with zero attached hydrogens (tertiary/aromatic N) is 1. The summed E-state index contributed by atoms with van der Waals surface area (Å²) in [5, 5.41) is 12.7. The highest BCUT2D eigenvalue weighted by Gasteiger charge is 2.49. The van der Waals surface area contributed by atoms with Crippen LogP contribution in [-0.2, 0) is 4.79 Å². The quantitative estimate of drug-likeness (QED) is 0.841. The number of urea groups is 1. The van der Waals surface area contributed by atoms with Crippen LogP contribution in [0.3, 0.4) is 0 Å². The minimum absolute atomic E-state index is 0.178. The molecule has 0 aromatic rings. The van der Waals surface area contributed by atoms with Crippen molar-refractivity contribution in [1.29, 1.82) is 0 Å². The van der Waals surface area contributed by atoms with Crippen LogP contribution in [0.15, 0.2) is 0 Å². The Balaban J connectivity index is 2.04. The van der Waals surface area contributed by atoms with Gasteiger partial charge < -0.3 is 15.3 Å². The molecule has 2 fully saturated rings. The molecule has 0 radical (unpaired) electrons. The summed E-state index contributed by atoms with van der Waals surface area (Å²) < 4.78 is 0. The molecule has 2 rings (SSSR count). The average Bonchev–Trinajstić information content (AvgIpc) is 2.87. The van der Waals surface area contributed by atoms with Crippen LogP contribution in [0.25, 0.3) is 0 Å². The zero-order chi connectivity index (χ0) is 15.6. The Bertz CT molecular complexity index is 412. The molecular weight excluding hydrogens is 268 g/mol. The lowest BCUT2D eigenvalue weighted by atomic mass is 9.80. The minimum atomic E-state index is -1.00. The molecule has 1 aliphatic heterocycles. The number of hydrogen-bond donors (Lipinski definition) is 2. The molecule has 1 saturated heterocycles. The normalized spacial score (nSPS) is 36.5. The van der Waals surface area contributed by atoms with Crippen LogP contribution in [0.5, 0.6) is 0 Å². The van der Waals surface area contributed by atoms with Crippen molar-refractivity contribution in [2.75, 3.05) is 6.54 Å². The van der Waals surface area contributed by atoms with Gasteiger partial charge in [-0.15, -0.1) is 0 Å². The molecule has 4 unspecified atom stereocenters. The van der Waals surface area contributed by atoms with Gasteiger partial charge >= 0.3 is 12.0 Å². The van der Waals surface area contributed by atoms with E-state index in [4.69, 9.17) is 0 Å². The standard InChI is InChI=1S/C16H28N2O3/c1-4-16(14(19)20)8-5-9-18(16)15(21)17-13-7-6-11(2)10-12(13)3/h11-13H,4-10H2,1-3H3,(H,17,21)(H,19,20). The van der Waals surface area contributed by atoms with E-state index in [2.05, 4.69) is 19.2 Å². The average molecular weight is 296 g/mol. The highest BCUT2D eigenvalue weighted by Crippen LogP contribution is 2.34. The number of rotatable bonds is 3. The van der Waals surface area contributed by atoms with Gasteiger partial charge in [-0.05, 0) is 50.4 Å². The van der Waals surface area contributed by atoms with Gasteiger partial charge in [0.05, 0.1) is 0 Å². The van der Waals surface area contributed by atoms with Gasteiger partial charge in [0, 0.05) is 12.6 Å². The fourth-order valence-electron chi connectivity index (χ4n) is 4.03. The van der Waals surface area contributed by atoms with Crippen LogP contribution in [0.1, 0.15) is 59.3 Å². The maximum absolute atomic E-state index is 12.6. The zero-order valence-corrected chi connectivity index (χ0v) is 13.4. The molecule has 0 aromatic heterocycles. The summed E-state index contributed by atoms with van der Waals surface area (Å²) in [6, 6.07) is -0.0131. The van der Waals surface area contributed by atoms with E-state index in [0.717, 1.165) is 25.7 Å². The number of carboxylic acids is 1. The van der Waals surface area contributed by atoms with Crippen LogP contribution in [-0.4, -0.2) is 40.1 Å². The highest BCUT2D eigenvalue weighted by molar-refractivity contribution is 5.87. The van der Waals surface area contributed by atoms with Crippen molar-refractivity contribution in [2.45, 2.75) is 70.9 Å². The second kappa shape index (κ2) is 6.24.